The Morgan fingerprint density at radius 1 is 1.71 bits per heavy atom. The van der Waals surface area contributed by atoms with E-state index in [1.807, 2.05) is 6.26 Å². The van der Waals surface area contributed by atoms with Gasteiger partial charge in [0.15, 0.2) is 10.9 Å². The molecule has 1 fully saturated rings. The summed E-state index contributed by atoms with van der Waals surface area (Å²) in [5.74, 6) is -0.246. The minimum Gasteiger partial charge on any atom is -0.391 e. The third-order valence-corrected chi connectivity index (χ3v) is 3.40. The van der Waals surface area contributed by atoms with Crippen molar-refractivity contribution in [3.63, 3.8) is 0 Å². The molecule has 2 heterocycles. The lowest BCUT2D eigenvalue weighted by molar-refractivity contribution is 0.0758. The molecule has 0 aromatic carbocycles. The number of aromatic nitrogens is 2. The van der Waals surface area contributed by atoms with Crippen LogP contribution in [0.2, 0.25) is 5.02 Å². The van der Waals surface area contributed by atoms with Crippen LogP contribution in [0, 0.1) is 0 Å². The van der Waals surface area contributed by atoms with Crippen LogP contribution in [0.1, 0.15) is 16.9 Å². The van der Waals surface area contributed by atoms with Crippen LogP contribution in [0.15, 0.2) is 11.4 Å². The molecule has 0 bridgehead atoms. The second-order valence-electron chi connectivity index (χ2n) is 3.75. The Balaban J connectivity index is 2.24. The monoisotopic (exact) mass is 273 g/mol. The Hall–Kier alpha value is -0.850. The molecule has 5 nitrogen and oxygen atoms in total. The second-order valence-corrected chi connectivity index (χ2v) is 4.93. The molecule has 0 radical (unpaired) electrons. The maximum atomic E-state index is 12.1. The number of rotatable bonds is 2. The summed E-state index contributed by atoms with van der Waals surface area (Å²) in [6.45, 7) is 0.878. The smallest absolute Gasteiger partial charge is 0.274 e. The highest BCUT2D eigenvalue weighted by atomic mass is 35.5. The molecule has 2 rings (SSSR count). The number of halogens is 1. The molecule has 1 aromatic heterocycles. The first kappa shape index (κ1) is 12.6. The molecule has 0 aliphatic carbocycles. The molecule has 1 aromatic rings. The van der Waals surface area contributed by atoms with Crippen molar-refractivity contribution in [3.8, 4) is 0 Å². The Bertz CT molecular complexity index is 444. The van der Waals surface area contributed by atoms with Gasteiger partial charge in [-0.2, -0.15) is 0 Å². The van der Waals surface area contributed by atoms with E-state index in [1.54, 1.807) is 4.90 Å². The van der Waals surface area contributed by atoms with Crippen LogP contribution in [-0.4, -0.2) is 51.3 Å². The first-order valence-corrected chi connectivity index (χ1v) is 6.76. The van der Waals surface area contributed by atoms with Gasteiger partial charge in [0.05, 0.1) is 17.3 Å². The molecule has 92 valence electrons. The van der Waals surface area contributed by atoms with Gasteiger partial charge >= 0.3 is 0 Å². The number of β-amino-alcohol motifs (C(OH)–C–C–N with tert-alkyl or cyclic N) is 1. The Kier molecular flexibility index (Phi) is 3.86. The van der Waals surface area contributed by atoms with Crippen LogP contribution < -0.4 is 0 Å². The molecular weight excluding hydrogens is 262 g/mol. The zero-order valence-electron chi connectivity index (χ0n) is 9.26. The number of hydrogen-bond acceptors (Lipinski definition) is 5. The number of thioether (sulfide) groups is 1. The zero-order chi connectivity index (χ0) is 12.4. The summed E-state index contributed by atoms with van der Waals surface area (Å²) in [6, 6.07) is 0. The van der Waals surface area contributed by atoms with Crippen LogP contribution in [0.5, 0.6) is 0 Å². The molecule has 1 N–H and O–H groups in total. The van der Waals surface area contributed by atoms with Crippen molar-refractivity contribution in [2.45, 2.75) is 17.7 Å². The third-order valence-electron chi connectivity index (χ3n) is 2.56. The van der Waals surface area contributed by atoms with E-state index >= 15 is 0 Å². The first-order valence-electron chi connectivity index (χ1n) is 5.15. The molecule has 17 heavy (non-hydrogen) atoms. The van der Waals surface area contributed by atoms with Crippen molar-refractivity contribution in [2.75, 3.05) is 19.3 Å². The quantitative estimate of drug-likeness (QED) is 0.645. The largest absolute Gasteiger partial charge is 0.391 e. The summed E-state index contributed by atoms with van der Waals surface area (Å²) in [6.07, 6.45) is 3.42. The normalized spacial score (nSPS) is 19.7. The van der Waals surface area contributed by atoms with E-state index in [0.29, 0.717) is 24.7 Å². The highest BCUT2D eigenvalue weighted by Gasteiger charge is 2.27. The van der Waals surface area contributed by atoms with E-state index in [9.17, 15) is 9.90 Å². The van der Waals surface area contributed by atoms with E-state index < -0.39 is 6.10 Å². The van der Waals surface area contributed by atoms with Gasteiger partial charge in [0, 0.05) is 13.1 Å². The number of likely N-dealkylation sites (tertiary alicyclic amines) is 1. The molecule has 7 heteroatoms. The number of carbonyl (C=O) groups is 1. The van der Waals surface area contributed by atoms with E-state index in [4.69, 9.17) is 11.6 Å². The number of amides is 1. The lowest BCUT2D eigenvalue weighted by Gasteiger charge is -2.15. The maximum absolute atomic E-state index is 12.1. The highest BCUT2D eigenvalue weighted by molar-refractivity contribution is 7.98. The fourth-order valence-electron chi connectivity index (χ4n) is 1.68. The van der Waals surface area contributed by atoms with Crippen molar-refractivity contribution < 1.29 is 9.90 Å². The van der Waals surface area contributed by atoms with Gasteiger partial charge in [-0.05, 0) is 12.7 Å². The number of hydrogen-bond donors (Lipinski definition) is 1. The Morgan fingerprint density at radius 3 is 3.06 bits per heavy atom. The van der Waals surface area contributed by atoms with Gasteiger partial charge in [-0.1, -0.05) is 23.4 Å². The fourth-order valence-corrected chi connectivity index (χ4v) is 2.19. The van der Waals surface area contributed by atoms with Gasteiger partial charge in [0.1, 0.15) is 0 Å². The lowest BCUT2D eigenvalue weighted by Crippen LogP contribution is -2.30. The predicted molar refractivity (Wildman–Crippen MR) is 65.4 cm³/mol. The van der Waals surface area contributed by atoms with Crippen molar-refractivity contribution in [1.29, 1.82) is 0 Å². The average Bonchev–Trinajstić information content (AvgIpc) is 2.76. The predicted octanol–water partition coefficient (Wildman–Crippen LogP) is 1.06. The van der Waals surface area contributed by atoms with E-state index in [0.717, 1.165) is 0 Å². The maximum Gasteiger partial charge on any atom is 0.274 e. The van der Waals surface area contributed by atoms with E-state index in [1.165, 1.54) is 18.0 Å². The summed E-state index contributed by atoms with van der Waals surface area (Å²) in [5, 5.41) is 10.2. The van der Waals surface area contributed by atoms with Crippen LogP contribution in [-0.2, 0) is 0 Å². The molecule has 1 saturated heterocycles. The van der Waals surface area contributed by atoms with Gasteiger partial charge in [-0.3, -0.25) is 4.79 Å². The summed E-state index contributed by atoms with van der Waals surface area (Å²) in [4.78, 5) is 21.8. The summed E-state index contributed by atoms with van der Waals surface area (Å²) in [7, 11) is 0. The summed E-state index contributed by atoms with van der Waals surface area (Å²) < 4.78 is 0. The summed E-state index contributed by atoms with van der Waals surface area (Å²) >= 11 is 7.27. The fraction of sp³-hybridized carbons (Fsp3) is 0.500. The van der Waals surface area contributed by atoms with E-state index in [2.05, 4.69) is 9.97 Å². The van der Waals surface area contributed by atoms with E-state index in [-0.39, 0.29) is 16.6 Å². The SMILES string of the molecule is CSc1ncc(Cl)c(C(=O)N2CC[C@H](O)C2)n1. The average molecular weight is 274 g/mol. The highest BCUT2D eigenvalue weighted by Crippen LogP contribution is 2.20. The van der Waals surface area contributed by atoms with Gasteiger partial charge < -0.3 is 10.0 Å². The zero-order valence-corrected chi connectivity index (χ0v) is 10.8. The molecule has 1 aliphatic heterocycles. The van der Waals surface area contributed by atoms with Crippen LogP contribution in [0.4, 0.5) is 0 Å². The summed E-state index contributed by atoms with van der Waals surface area (Å²) in [5.41, 5.74) is 0.208. The van der Waals surface area contributed by atoms with Gasteiger partial charge in [-0.25, -0.2) is 9.97 Å². The van der Waals surface area contributed by atoms with Crippen LogP contribution in [0.25, 0.3) is 0 Å². The third kappa shape index (κ3) is 2.70. The van der Waals surface area contributed by atoms with Gasteiger partial charge in [0.2, 0.25) is 0 Å². The minimum atomic E-state index is -0.445. The molecule has 1 amide bonds. The molecule has 1 atom stereocenters. The first-order chi connectivity index (χ1) is 8.11. The van der Waals surface area contributed by atoms with Gasteiger partial charge in [-0.15, -0.1) is 0 Å². The van der Waals surface area contributed by atoms with Crippen molar-refractivity contribution >= 4 is 29.3 Å². The molecule has 1 aliphatic rings. The molecule has 0 saturated carbocycles. The number of aliphatic hydroxyl groups is 1. The molecule has 0 spiro atoms. The molecule has 0 unspecified atom stereocenters. The Morgan fingerprint density at radius 2 is 2.47 bits per heavy atom. The second kappa shape index (κ2) is 5.20. The number of nitrogens with zero attached hydrogens (tertiary/aromatic N) is 3. The van der Waals surface area contributed by atoms with Crippen LogP contribution in [0.3, 0.4) is 0 Å². The Labute approximate surface area is 108 Å². The molecular formula is C10H12ClN3O2S. The minimum absolute atomic E-state index is 0.208. The van der Waals surface area contributed by atoms with Crippen molar-refractivity contribution in [1.82, 2.24) is 14.9 Å². The lowest BCUT2D eigenvalue weighted by atomic mass is 10.3. The van der Waals surface area contributed by atoms with Gasteiger partial charge in [0.25, 0.3) is 5.91 Å². The van der Waals surface area contributed by atoms with Crippen molar-refractivity contribution in [2.24, 2.45) is 0 Å². The topological polar surface area (TPSA) is 66.3 Å². The van der Waals surface area contributed by atoms with Crippen molar-refractivity contribution in [3.05, 3.63) is 16.9 Å². The number of carbonyl (C=O) groups excluding carboxylic acids is 1. The van der Waals surface area contributed by atoms with Crippen LogP contribution >= 0.6 is 23.4 Å². The number of aliphatic hydroxyl groups excluding tert-OH is 1. The standard InChI is InChI=1S/C10H12ClN3O2S/c1-17-10-12-4-7(11)8(13-10)9(16)14-3-2-6(15)5-14/h4,6,15H,2-3,5H2,1H3/t6-/m0/s1.